The lowest BCUT2D eigenvalue weighted by Gasteiger charge is -2.41. The maximum atomic E-state index is 3.45. The molecular weight excluding hydrogens is 196 g/mol. The van der Waals surface area contributed by atoms with Crippen LogP contribution < -0.4 is 5.32 Å². The summed E-state index contributed by atoms with van der Waals surface area (Å²) in [4.78, 5) is 2.76. The first kappa shape index (κ1) is 12.4. The minimum Gasteiger partial charge on any atom is -0.316 e. The van der Waals surface area contributed by atoms with Crippen molar-refractivity contribution in [2.75, 3.05) is 20.1 Å². The molecule has 1 aliphatic carbocycles. The molecule has 1 aliphatic heterocycles. The first-order valence-electron chi connectivity index (χ1n) is 7.24. The van der Waals surface area contributed by atoms with Gasteiger partial charge in [-0.2, -0.15) is 0 Å². The van der Waals surface area contributed by atoms with Gasteiger partial charge in [0.2, 0.25) is 0 Å². The fourth-order valence-corrected chi connectivity index (χ4v) is 3.49. The largest absolute Gasteiger partial charge is 0.316 e. The normalized spacial score (nSPS) is 37.5. The van der Waals surface area contributed by atoms with E-state index in [9.17, 15) is 0 Å². The molecular formula is C14H28N2. The molecule has 16 heavy (non-hydrogen) atoms. The van der Waals surface area contributed by atoms with Crippen LogP contribution in [-0.4, -0.2) is 37.1 Å². The second kappa shape index (κ2) is 6.02. The summed E-state index contributed by atoms with van der Waals surface area (Å²) in [5.41, 5.74) is 0. The molecule has 1 N–H and O–H groups in total. The Morgan fingerprint density at radius 2 is 1.88 bits per heavy atom. The molecule has 0 bridgehead atoms. The second-order valence-electron chi connectivity index (χ2n) is 5.71. The van der Waals surface area contributed by atoms with Gasteiger partial charge >= 0.3 is 0 Å². The number of likely N-dealkylation sites (tertiary alicyclic amines) is 1. The van der Waals surface area contributed by atoms with Crippen molar-refractivity contribution in [3.63, 3.8) is 0 Å². The molecule has 2 nitrogen and oxygen atoms in total. The standard InChI is InChI=1S/C14H28N2/c1-3-12-6-8-14(9-7-12)16-10-4-5-13(11-16)15-2/h12-15H,3-11H2,1-2H3. The zero-order valence-electron chi connectivity index (χ0n) is 11.0. The van der Waals surface area contributed by atoms with Gasteiger partial charge in [0.15, 0.2) is 0 Å². The van der Waals surface area contributed by atoms with Gasteiger partial charge in [-0.1, -0.05) is 13.3 Å². The molecule has 1 heterocycles. The predicted octanol–water partition coefficient (Wildman–Crippen LogP) is 2.64. The van der Waals surface area contributed by atoms with E-state index < -0.39 is 0 Å². The van der Waals surface area contributed by atoms with Gasteiger partial charge in [0.25, 0.3) is 0 Å². The summed E-state index contributed by atoms with van der Waals surface area (Å²) in [5.74, 6) is 1.03. The van der Waals surface area contributed by atoms with E-state index >= 15 is 0 Å². The van der Waals surface area contributed by atoms with Crippen molar-refractivity contribution < 1.29 is 0 Å². The van der Waals surface area contributed by atoms with Crippen molar-refractivity contribution in [3.05, 3.63) is 0 Å². The molecule has 0 aromatic carbocycles. The first-order chi connectivity index (χ1) is 7.83. The monoisotopic (exact) mass is 224 g/mol. The van der Waals surface area contributed by atoms with Gasteiger partial charge in [0, 0.05) is 18.6 Å². The van der Waals surface area contributed by atoms with E-state index in [1.807, 2.05) is 0 Å². The fraction of sp³-hybridized carbons (Fsp3) is 1.00. The second-order valence-corrected chi connectivity index (χ2v) is 5.71. The summed E-state index contributed by atoms with van der Waals surface area (Å²) < 4.78 is 0. The molecule has 2 heteroatoms. The number of nitrogens with zero attached hydrogens (tertiary/aromatic N) is 1. The Morgan fingerprint density at radius 3 is 2.50 bits per heavy atom. The molecule has 0 radical (unpaired) electrons. The van der Waals surface area contributed by atoms with Gasteiger partial charge in [-0.05, 0) is 58.0 Å². The van der Waals surface area contributed by atoms with Gasteiger partial charge in [0.05, 0.1) is 0 Å². The molecule has 94 valence electrons. The van der Waals surface area contributed by atoms with Gasteiger partial charge < -0.3 is 5.32 Å². The van der Waals surface area contributed by atoms with Crippen molar-refractivity contribution in [3.8, 4) is 0 Å². The van der Waals surface area contributed by atoms with E-state index in [1.54, 1.807) is 0 Å². The van der Waals surface area contributed by atoms with Crippen LogP contribution in [0.4, 0.5) is 0 Å². The average molecular weight is 224 g/mol. The van der Waals surface area contributed by atoms with E-state index in [0.717, 1.165) is 18.0 Å². The van der Waals surface area contributed by atoms with Crippen LogP contribution in [0.5, 0.6) is 0 Å². The lowest BCUT2D eigenvalue weighted by atomic mass is 9.83. The average Bonchev–Trinajstić information content (AvgIpc) is 2.39. The summed E-state index contributed by atoms with van der Waals surface area (Å²) >= 11 is 0. The number of rotatable bonds is 3. The molecule has 0 aromatic rings. The third kappa shape index (κ3) is 2.98. The van der Waals surface area contributed by atoms with Crippen LogP contribution in [-0.2, 0) is 0 Å². The quantitative estimate of drug-likeness (QED) is 0.793. The molecule has 1 saturated heterocycles. The maximum absolute atomic E-state index is 3.45. The van der Waals surface area contributed by atoms with Crippen molar-refractivity contribution in [1.82, 2.24) is 10.2 Å². The van der Waals surface area contributed by atoms with Gasteiger partial charge in [-0.3, -0.25) is 4.90 Å². The van der Waals surface area contributed by atoms with Crippen molar-refractivity contribution in [2.45, 2.75) is 64.0 Å². The van der Waals surface area contributed by atoms with Crippen LogP contribution in [0.15, 0.2) is 0 Å². The van der Waals surface area contributed by atoms with Crippen molar-refractivity contribution in [1.29, 1.82) is 0 Å². The smallest absolute Gasteiger partial charge is 0.0192 e. The van der Waals surface area contributed by atoms with Gasteiger partial charge in [-0.25, -0.2) is 0 Å². The molecule has 2 aliphatic rings. The molecule has 0 spiro atoms. The summed E-state index contributed by atoms with van der Waals surface area (Å²) in [6.45, 7) is 4.99. The van der Waals surface area contributed by atoms with E-state index in [0.29, 0.717) is 0 Å². The number of likely N-dealkylation sites (N-methyl/N-ethyl adjacent to an activating group) is 1. The Morgan fingerprint density at radius 1 is 1.12 bits per heavy atom. The van der Waals surface area contributed by atoms with E-state index in [-0.39, 0.29) is 0 Å². The molecule has 1 saturated carbocycles. The Labute approximate surface area is 101 Å². The van der Waals surface area contributed by atoms with E-state index in [4.69, 9.17) is 0 Å². The predicted molar refractivity (Wildman–Crippen MR) is 69.7 cm³/mol. The highest BCUT2D eigenvalue weighted by atomic mass is 15.2. The van der Waals surface area contributed by atoms with Crippen LogP contribution in [0.1, 0.15) is 51.9 Å². The zero-order valence-corrected chi connectivity index (χ0v) is 11.0. The van der Waals surface area contributed by atoms with Crippen molar-refractivity contribution in [2.24, 2.45) is 5.92 Å². The number of piperidine rings is 1. The maximum Gasteiger partial charge on any atom is 0.0192 e. The topological polar surface area (TPSA) is 15.3 Å². The van der Waals surface area contributed by atoms with Gasteiger partial charge in [0.1, 0.15) is 0 Å². The van der Waals surface area contributed by atoms with Crippen LogP contribution in [0.25, 0.3) is 0 Å². The Hall–Kier alpha value is -0.0800. The lowest BCUT2D eigenvalue weighted by Crippen LogP contribution is -2.49. The Bertz CT molecular complexity index is 197. The molecule has 1 unspecified atom stereocenters. The molecule has 1 atom stereocenters. The van der Waals surface area contributed by atoms with Crippen LogP contribution in [0, 0.1) is 5.92 Å². The third-order valence-corrected chi connectivity index (χ3v) is 4.77. The van der Waals surface area contributed by atoms with Crippen molar-refractivity contribution >= 4 is 0 Å². The zero-order chi connectivity index (χ0) is 11.4. The fourth-order valence-electron chi connectivity index (χ4n) is 3.49. The summed E-state index contributed by atoms with van der Waals surface area (Å²) in [6.07, 6.45) is 10.0. The number of hydrogen-bond acceptors (Lipinski definition) is 2. The molecule has 0 amide bonds. The summed E-state index contributed by atoms with van der Waals surface area (Å²) in [5, 5.41) is 3.45. The summed E-state index contributed by atoms with van der Waals surface area (Å²) in [7, 11) is 2.11. The van der Waals surface area contributed by atoms with E-state index in [1.165, 1.54) is 58.0 Å². The number of hydrogen-bond donors (Lipinski definition) is 1. The van der Waals surface area contributed by atoms with Crippen LogP contribution in [0.3, 0.4) is 0 Å². The first-order valence-corrected chi connectivity index (χ1v) is 7.24. The summed E-state index contributed by atoms with van der Waals surface area (Å²) in [6, 6.07) is 1.65. The molecule has 2 fully saturated rings. The molecule has 2 rings (SSSR count). The Kier molecular flexibility index (Phi) is 4.66. The minimum absolute atomic E-state index is 0.748. The minimum atomic E-state index is 0.748. The van der Waals surface area contributed by atoms with Crippen LogP contribution in [0.2, 0.25) is 0 Å². The van der Waals surface area contributed by atoms with E-state index in [2.05, 4.69) is 24.2 Å². The van der Waals surface area contributed by atoms with Crippen LogP contribution >= 0.6 is 0 Å². The third-order valence-electron chi connectivity index (χ3n) is 4.77. The highest BCUT2D eigenvalue weighted by Gasteiger charge is 2.28. The molecule has 0 aromatic heterocycles. The highest BCUT2D eigenvalue weighted by molar-refractivity contribution is 4.85. The highest BCUT2D eigenvalue weighted by Crippen LogP contribution is 2.30. The Balaban J connectivity index is 1.79. The number of nitrogens with one attached hydrogen (secondary N) is 1. The van der Waals surface area contributed by atoms with Gasteiger partial charge in [-0.15, -0.1) is 0 Å². The SMILES string of the molecule is CCC1CCC(N2CCCC(NC)C2)CC1. The lowest BCUT2D eigenvalue weighted by molar-refractivity contribution is 0.0985.